The van der Waals surface area contributed by atoms with Gasteiger partial charge in [-0.3, -0.25) is 4.68 Å². The molecule has 0 aliphatic carbocycles. The molecule has 1 aromatic heterocycles. The number of nitrogens with two attached hydrogens (primary N) is 1. The molecule has 8 heteroatoms. The molecule has 1 heterocycles. The van der Waals surface area contributed by atoms with Gasteiger partial charge in [0.25, 0.3) is 10.0 Å². The van der Waals surface area contributed by atoms with Gasteiger partial charge in [-0.1, -0.05) is 23.7 Å². The number of aromatic nitrogens is 2. The average molecular weight is 315 g/mol. The number of sulfonamides is 1. The zero-order valence-electron chi connectivity index (χ0n) is 11.0. The molecule has 108 valence electrons. The molecule has 6 nitrogen and oxygen atoms in total. The van der Waals surface area contributed by atoms with Gasteiger partial charge in [0.2, 0.25) is 0 Å². The van der Waals surface area contributed by atoms with Crippen LogP contribution >= 0.6 is 11.6 Å². The van der Waals surface area contributed by atoms with Crippen molar-refractivity contribution in [3.63, 3.8) is 0 Å². The van der Waals surface area contributed by atoms with E-state index in [1.165, 1.54) is 17.9 Å². The van der Waals surface area contributed by atoms with Crippen LogP contribution in [-0.2, 0) is 17.1 Å². The Labute approximate surface area is 122 Å². The molecule has 0 amide bonds. The third-order valence-electron chi connectivity index (χ3n) is 2.84. The minimum atomic E-state index is -3.76. The fourth-order valence-electron chi connectivity index (χ4n) is 1.89. The third kappa shape index (κ3) is 2.95. The maximum Gasteiger partial charge on any atom is 0.259 e. The highest BCUT2D eigenvalue weighted by Gasteiger charge is 2.25. The van der Waals surface area contributed by atoms with Gasteiger partial charge < -0.3 is 5.73 Å². The molecule has 0 fully saturated rings. The number of aryl methyl sites for hydroxylation is 1. The van der Waals surface area contributed by atoms with E-state index in [2.05, 4.69) is 9.82 Å². The highest BCUT2D eigenvalue weighted by Crippen LogP contribution is 2.23. The fraction of sp³-hybridized carbons (Fsp3) is 0.250. The van der Waals surface area contributed by atoms with Crippen molar-refractivity contribution in [3.05, 3.63) is 41.0 Å². The van der Waals surface area contributed by atoms with E-state index in [1.54, 1.807) is 31.2 Å². The van der Waals surface area contributed by atoms with Crippen molar-refractivity contribution in [2.45, 2.75) is 18.0 Å². The standard InChI is InChI=1S/C12H15ClN4O2S/c1-8(9-4-3-5-10(14)6-9)16-20(18,19)12-11(13)7-15-17(12)2/h3-8,16H,14H2,1-2H3. The van der Waals surface area contributed by atoms with Crippen molar-refractivity contribution in [3.8, 4) is 0 Å². The van der Waals surface area contributed by atoms with Crippen LogP contribution in [0.3, 0.4) is 0 Å². The van der Waals surface area contributed by atoms with Crippen molar-refractivity contribution < 1.29 is 8.42 Å². The lowest BCUT2D eigenvalue weighted by Crippen LogP contribution is -2.28. The van der Waals surface area contributed by atoms with E-state index in [1.807, 2.05) is 0 Å². The molecule has 0 spiro atoms. The summed E-state index contributed by atoms with van der Waals surface area (Å²) in [4.78, 5) is 0. The van der Waals surface area contributed by atoms with Gasteiger partial charge in [-0.2, -0.15) is 5.10 Å². The number of benzene rings is 1. The monoisotopic (exact) mass is 314 g/mol. The van der Waals surface area contributed by atoms with Crippen LogP contribution in [-0.4, -0.2) is 18.2 Å². The summed E-state index contributed by atoms with van der Waals surface area (Å²) in [6, 6.07) is 6.59. The van der Waals surface area contributed by atoms with E-state index in [0.717, 1.165) is 5.56 Å². The Morgan fingerprint density at radius 3 is 2.70 bits per heavy atom. The second-order valence-electron chi connectivity index (χ2n) is 4.43. The smallest absolute Gasteiger partial charge is 0.259 e. The summed E-state index contributed by atoms with van der Waals surface area (Å²) in [5.41, 5.74) is 7.04. The molecule has 0 aliphatic heterocycles. The molecule has 3 N–H and O–H groups in total. The highest BCUT2D eigenvalue weighted by atomic mass is 35.5. The van der Waals surface area contributed by atoms with E-state index in [-0.39, 0.29) is 10.0 Å². The fourth-order valence-corrected chi connectivity index (χ4v) is 3.77. The van der Waals surface area contributed by atoms with E-state index in [9.17, 15) is 8.42 Å². The second kappa shape index (κ2) is 5.43. The third-order valence-corrected chi connectivity index (χ3v) is 4.89. The van der Waals surface area contributed by atoms with E-state index >= 15 is 0 Å². The number of rotatable bonds is 4. The summed E-state index contributed by atoms with van der Waals surface area (Å²) in [6.45, 7) is 1.73. The molecule has 0 aliphatic rings. The lowest BCUT2D eigenvalue weighted by molar-refractivity contribution is 0.550. The molecular formula is C12H15ClN4O2S. The van der Waals surface area contributed by atoms with Gasteiger partial charge in [-0.25, -0.2) is 13.1 Å². The number of halogens is 1. The van der Waals surface area contributed by atoms with Crippen LogP contribution in [0.15, 0.2) is 35.5 Å². The van der Waals surface area contributed by atoms with Gasteiger partial charge in [0.1, 0.15) is 0 Å². The molecule has 0 saturated carbocycles. The normalized spacial score (nSPS) is 13.3. The Balaban J connectivity index is 2.29. The topological polar surface area (TPSA) is 90.0 Å². The maximum atomic E-state index is 12.3. The Morgan fingerprint density at radius 1 is 1.45 bits per heavy atom. The van der Waals surface area contributed by atoms with Crippen molar-refractivity contribution in [1.82, 2.24) is 14.5 Å². The van der Waals surface area contributed by atoms with Crippen LogP contribution in [0.2, 0.25) is 5.02 Å². The van der Waals surface area contributed by atoms with Crippen molar-refractivity contribution in [2.75, 3.05) is 5.73 Å². The van der Waals surface area contributed by atoms with Crippen LogP contribution in [0.5, 0.6) is 0 Å². The molecular weight excluding hydrogens is 300 g/mol. The Hall–Kier alpha value is -1.57. The van der Waals surface area contributed by atoms with Crippen molar-refractivity contribution >= 4 is 27.3 Å². The van der Waals surface area contributed by atoms with Crippen molar-refractivity contribution in [2.24, 2.45) is 7.05 Å². The Bertz CT molecular complexity index is 707. The summed E-state index contributed by atoms with van der Waals surface area (Å²) in [6.07, 6.45) is 1.29. The molecule has 0 saturated heterocycles. The minimum absolute atomic E-state index is 0.0603. The van der Waals surface area contributed by atoms with Gasteiger partial charge in [0.05, 0.1) is 11.2 Å². The van der Waals surface area contributed by atoms with Crippen LogP contribution in [0, 0.1) is 0 Å². The first-order valence-electron chi connectivity index (χ1n) is 5.86. The lowest BCUT2D eigenvalue weighted by atomic mass is 10.1. The SMILES string of the molecule is CC(NS(=O)(=O)c1c(Cl)cnn1C)c1cccc(N)c1. The zero-order valence-corrected chi connectivity index (χ0v) is 12.6. The molecule has 1 atom stereocenters. The predicted molar refractivity (Wildman–Crippen MR) is 77.8 cm³/mol. The number of hydrogen-bond donors (Lipinski definition) is 2. The molecule has 20 heavy (non-hydrogen) atoms. The molecule has 1 unspecified atom stereocenters. The van der Waals surface area contributed by atoms with Crippen LogP contribution < -0.4 is 10.5 Å². The zero-order chi connectivity index (χ0) is 14.9. The van der Waals surface area contributed by atoms with E-state index < -0.39 is 16.1 Å². The number of hydrogen-bond acceptors (Lipinski definition) is 4. The first-order chi connectivity index (χ1) is 9.31. The van der Waals surface area contributed by atoms with Crippen LogP contribution in [0.25, 0.3) is 0 Å². The maximum absolute atomic E-state index is 12.3. The molecule has 0 bridgehead atoms. The van der Waals surface area contributed by atoms with E-state index in [4.69, 9.17) is 17.3 Å². The number of nitrogen functional groups attached to an aromatic ring is 1. The summed E-state index contributed by atoms with van der Waals surface area (Å²) in [5.74, 6) is 0. The number of nitrogens with one attached hydrogen (secondary N) is 1. The van der Waals surface area contributed by atoms with Crippen LogP contribution in [0.4, 0.5) is 5.69 Å². The first-order valence-corrected chi connectivity index (χ1v) is 7.72. The van der Waals surface area contributed by atoms with Gasteiger partial charge in [0, 0.05) is 18.8 Å². The van der Waals surface area contributed by atoms with Crippen molar-refractivity contribution in [1.29, 1.82) is 0 Å². The summed E-state index contributed by atoms with van der Waals surface area (Å²) in [7, 11) is -2.24. The number of nitrogens with zero attached hydrogens (tertiary/aromatic N) is 2. The largest absolute Gasteiger partial charge is 0.399 e. The Kier molecular flexibility index (Phi) is 4.03. The predicted octanol–water partition coefficient (Wildman–Crippen LogP) is 1.70. The Morgan fingerprint density at radius 2 is 2.15 bits per heavy atom. The molecule has 1 aromatic carbocycles. The summed E-state index contributed by atoms with van der Waals surface area (Å²) in [5, 5.41) is 3.85. The molecule has 2 aromatic rings. The lowest BCUT2D eigenvalue weighted by Gasteiger charge is -2.15. The number of anilines is 1. The summed E-state index contributed by atoms with van der Waals surface area (Å²) >= 11 is 5.86. The molecule has 2 rings (SSSR count). The van der Waals surface area contributed by atoms with Gasteiger partial charge >= 0.3 is 0 Å². The first kappa shape index (κ1) is 14.8. The summed E-state index contributed by atoms with van der Waals surface area (Å²) < 4.78 is 28.4. The minimum Gasteiger partial charge on any atom is -0.399 e. The average Bonchev–Trinajstić information content (AvgIpc) is 2.69. The van der Waals surface area contributed by atoms with Gasteiger partial charge in [-0.15, -0.1) is 0 Å². The van der Waals surface area contributed by atoms with Gasteiger partial charge in [-0.05, 0) is 24.6 Å². The van der Waals surface area contributed by atoms with Gasteiger partial charge in [0.15, 0.2) is 5.03 Å². The molecule has 0 radical (unpaired) electrons. The second-order valence-corrected chi connectivity index (χ2v) is 6.47. The quantitative estimate of drug-likeness (QED) is 0.840. The highest BCUT2D eigenvalue weighted by molar-refractivity contribution is 7.89. The van der Waals surface area contributed by atoms with E-state index in [0.29, 0.717) is 5.69 Å². The van der Waals surface area contributed by atoms with Crippen LogP contribution in [0.1, 0.15) is 18.5 Å².